The monoisotopic (exact) mass is 289 g/mol. The van der Waals surface area contributed by atoms with Crippen LogP contribution in [0.15, 0.2) is 53.5 Å². The van der Waals surface area contributed by atoms with Gasteiger partial charge in [0.15, 0.2) is 0 Å². The van der Waals surface area contributed by atoms with Gasteiger partial charge in [-0.05, 0) is 24.3 Å². The minimum Gasteiger partial charge on any atom is -0.340 e. The standard InChI is InChI=1S/C15H13F2N3O/c1-18-15(21)20(14-9-5-3-7-12(14)17)10-19-13-8-4-2-6-11(13)16/h2-10H,1H3,(H,18,21). The third kappa shape index (κ3) is 3.42. The van der Waals surface area contributed by atoms with E-state index in [2.05, 4.69) is 10.3 Å². The summed E-state index contributed by atoms with van der Waals surface area (Å²) in [5.41, 5.74) is 0.0830. The molecule has 0 aliphatic heterocycles. The van der Waals surface area contributed by atoms with Gasteiger partial charge in [0.2, 0.25) is 0 Å². The lowest BCUT2D eigenvalue weighted by Gasteiger charge is -2.17. The quantitative estimate of drug-likeness (QED) is 0.682. The molecule has 0 fully saturated rings. The second kappa shape index (κ2) is 6.60. The number of carbonyl (C=O) groups is 1. The molecule has 2 aromatic carbocycles. The molecule has 2 aromatic rings. The van der Waals surface area contributed by atoms with E-state index in [1.807, 2.05) is 0 Å². The van der Waals surface area contributed by atoms with Crippen molar-refractivity contribution in [3.05, 3.63) is 60.2 Å². The lowest BCUT2D eigenvalue weighted by atomic mass is 10.3. The van der Waals surface area contributed by atoms with Gasteiger partial charge in [0.1, 0.15) is 23.7 Å². The molecule has 0 aliphatic rings. The first kappa shape index (κ1) is 14.6. The zero-order valence-electron chi connectivity index (χ0n) is 11.3. The number of benzene rings is 2. The van der Waals surface area contributed by atoms with E-state index < -0.39 is 17.7 Å². The number of nitrogens with one attached hydrogen (secondary N) is 1. The van der Waals surface area contributed by atoms with E-state index in [9.17, 15) is 13.6 Å². The number of halogens is 2. The Balaban J connectivity index is 2.37. The van der Waals surface area contributed by atoms with Crippen LogP contribution in [0.2, 0.25) is 0 Å². The van der Waals surface area contributed by atoms with Gasteiger partial charge in [0.05, 0.1) is 5.69 Å². The van der Waals surface area contributed by atoms with Gasteiger partial charge < -0.3 is 5.32 Å². The highest BCUT2D eigenvalue weighted by atomic mass is 19.1. The van der Waals surface area contributed by atoms with E-state index in [1.165, 1.54) is 43.4 Å². The summed E-state index contributed by atoms with van der Waals surface area (Å²) in [4.78, 5) is 16.7. The smallest absolute Gasteiger partial charge is 0.327 e. The van der Waals surface area contributed by atoms with Crippen LogP contribution in [0.5, 0.6) is 0 Å². The third-order valence-electron chi connectivity index (χ3n) is 2.71. The van der Waals surface area contributed by atoms with Gasteiger partial charge in [-0.1, -0.05) is 24.3 Å². The summed E-state index contributed by atoms with van der Waals surface area (Å²) >= 11 is 0. The summed E-state index contributed by atoms with van der Waals surface area (Å²) in [5, 5.41) is 2.38. The maximum absolute atomic E-state index is 13.8. The Morgan fingerprint density at radius 3 is 2.33 bits per heavy atom. The third-order valence-corrected chi connectivity index (χ3v) is 2.71. The molecule has 0 atom stereocenters. The molecule has 21 heavy (non-hydrogen) atoms. The van der Waals surface area contributed by atoms with Crippen molar-refractivity contribution in [1.29, 1.82) is 0 Å². The van der Waals surface area contributed by atoms with Gasteiger partial charge in [0.25, 0.3) is 0 Å². The molecule has 4 nitrogen and oxygen atoms in total. The molecule has 108 valence electrons. The number of urea groups is 1. The molecule has 0 spiro atoms. The van der Waals surface area contributed by atoms with E-state index >= 15 is 0 Å². The van der Waals surface area contributed by atoms with Gasteiger partial charge in [-0.25, -0.2) is 23.5 Å². The summed E-state index contributed by atoms with van der Waals surface area (Å²) in [6.07, 6.45) is 1.08. The Morgan fingerprint density at radius 1 is 1.10 bits per heavy atom. The average Bonchev–Trinajstić information content (AvgIpc) is 2.50. The first-order chi connectivity index (χ1) is 10.1. The van der Waals surface area contributed by atoms with Crippen LogP contribution in [0.1, 0.15) is 0 Å². The van der Waals surface area contributed by atoms with Gasteiger partial charge in [0, 0.05) is 7.05 Å². The van der Waals surface area contributed by atoms with Crippen LogP contribution in [0.3, 0.4) is 0 Å². The highest BCUT2D eigenvalue weighted by Gasteiger charge is 2.15. The lowest BCUT2D eigenvalue weighted by Crippen LogP contribution is -2.37. The van der Waals surface area contributed by atoms with Gasteiger partial charge in [-0.2, -0.15) is 0 Å². The summed E-state index contributed by atoms with van der Waals surface area (Å²) in [6.45, 7) is 0. The van der Waals surface area contributed by atoms with Crippen molar-refractivity contribution in [1.82, 2.24) is 5.32 Å². The molecule has 6 heteroatoms. The Hall–Kier alpha value is -2.76. The van der Waals surface area contributed by atoms with Gasteiger partial charge >= 0.3 is 6.03 Å². The fourth-order valence-electron chi connectivity index (χ4n) is 1.67. The summed E-state index contributed by atoms with van der Waals surface area (Å²) in [7, 11) is 1.41. The Labute approximate surface area is 120 Å². The number of hydrogen-bond acceptors (Lipinski definition) is 2. The molecule has 0 aliphatic carbocycles. The molecule has 0 unspecified atom stereocenters. The summed E-state index contributed by atoms with van der Waals surface area (Å²) in [5.74, 6) is -1.11. The number of para-hydroxylation sites is 2. The van der Waals surface area contributed by atoms with Gasteiger partial charge in [-0.15, -0.1) is 0 Å². The predicted molar refractivity (Wildman–Crippen MR) is 77.9 cm³/mol. The second-order valence-electron chi connectivity index (χ2n) is 4.07. The van der Waals surface area contributed by atoms with Crippen molar-refractivity contribution >= 4 is 23.7 Å². The maximum atomic E-state index is 13.8. The maximum Gasteiger partial charge on any atom is 0.327 e. The number of rotatable bonds is 3. The molecule has 0 radical (unpaired) electrons. The minimum absolute atomic E-state index is 0.0249. The van der Waals surface area contributed by atoms with Crippen LogP contribution in [0, 0.1) is 11.6 Å². The van der Waals surface area contributed by atoms with Crippen molar-refractivity contribution in [2.45, 2.75) is 0 Å². The largest absolute Gasteiger partial charge is 0.340 e. The number of carbonyl (C=O) groups excluding carboxylic acids is 1. The molecule has 0 aromatic heterocycles. The van der Waals surface area contributed by atoms with Crippen LogP contribution < -0.4 is 10.2 Å². The van der Waals surface area contributed by atoms with Crippen LogP contribution in [-0.4, -0.2) is 19.4 Å². The SMILES string of the molecule is CNC(=O)N(C=Nc1ccccc1F)c1ccccc1F. The minimum atomic E-state index is -0.583. The van der Waals surface area contributed by atoms with Crippen molar-refractivity contribution in [2.75, 3.05) is 11.9 Å². The van der Waals surface area contributed by atoms with E-state index in [-0.39, 0.29) is 11.4 Å². The first-order valence-corrected chi connectivity index (χ1v) is 6.17. The van der Waals surface area contributed by atoms with Crippen LogP contribution in [0.4, 0.5) is 25.0 Å². The number of amides is 2. The summed E-state index contributed by atoms with van der Waals surface area (Å²) < 4.78 is 27.3. The average molecular weight is 289 g/mol. The van der Waals surface area contributed by atoms with Crippen LogP contribution in [0.25, 0.3) is 0 Å². The molecule has 0 heterocycles. The van der Waals surface area contributed by atoms with E-state index in [0.717, 1.165) is 11.2 Å². The van der Waals surface area contributed by atoms with Crippen molar-refractivity contribution < 1.29 is 13.6 Å². The lowest BCUT2D eigenvalue weighted by molar-refractivity contribution is 0.251. The Kier molecular flexibility index (Phi) is 4.61. The number of hydrogen-bond donors (Lipinski definition) is 1. The van der Waals surface area contributed by atoms with E-state index in [1.54, 1.807) is 12.1 Å². The number of anilines is 1. The van der Waals surface area contributed by atoms with Crippen molar-refractivity contribution in [3.63, 3.8) is 0 Å². The summed E-state index contributed by atoms with van der Waals surface area (Å²) in [6, 6.07) is 11.0. The Morgan fingerprint density at radius 2 is 1.71 bits per heavy atom. The number of nitrogens with zero attached hydrogens (tertiary/aromatic N) is 2. The van der Waals surface area contributed by atoms with E-state index in [4.69, 9.17) is 0 Å². The second-order valence-corrected chi connectivity index (χ2v) is 4.07. The van der Waals surface area contributed by atoms with Crippen LogP contribution >= 0.6 is 0 Å². The normalized spacial score (nSPS) is 10.6. The highest BCUT2D eigenvalue weighted by Crippen LogP contribution is 2.20. The van der Waals surface area contributed by atoms with E-state index in [0.29, 0.717) is 0 Å². The van der Waals surface area contributed by atoms with Gasteiger partial charge in [-0.3, -0.25) is 0 Å². The topological polar surface area (TPSA) is 44.7 Å². The van der Waals surface area contributed by atoms with Crippen LogP contribution in [-0.2, 0) is 0 Å². The fraction of sp³-hybridized carbons (Fsp3) is 0.0667. The van der Waals surface area contributed by atoms with Crippen molar-refractivity contribution in [3.8, 4) is 0 Å². The highest BCUT2D eigenvalue weighted by molar-refractivity contribution is 6.07. The molecular weight excluding hydrogens is 276 g/mol. The first-order valence-electron chi connectivity index (χ1n) is 6.17. The molecule has 2 rings (SSSR count). The zero-order chi connectivity index (χ0) is 15.2. The molecule has 0 saturated carbocycles. The molecular formula is C15H13F2N3O. The molecule has 1 N–H and O–H groups in total. The van der Waals surface area contributed by atoms with Crippen molar-refractivity contribution in [2.24, 2.45) is 4.99 Å². The zero-order valence-corrected chi connectivity index (χ0v) is 11.3. The predicted octanol–water partition coefficient (Wildman–Crippen LogP) is 3.47. The molecule has 0 bridgehead atoms. The Bertz CT molecular complexity index is 673. The number of aliphatic imine (C=N–C) groups is 1. The molecule has 2 amide bonds. The molecule has 0 saturated heterocycles. The fourth-order valence-corrected chi connectivity index (χ4v) is 1.67.